The Morgan fingerprint density at radius 3 is 2.35 bits per heavy atom. The molecule has 0 heterocycles. The van der Waals surface area contributed by atoms with Gasteiger partial charge in [0, 0.05) is 12.1 Å². The molecule has 0 aliphatic carbocycles. The van der Waals surface area contributed by atoms with Crippen LogP contribution in [0.4, 0.5) is 4.39 Å². The van der Waals surface area contributed by atoms with Gasteiger partial charge in [-0.2, -0.15) is 0 Å². The molecule has 1 aromatic rings. The zero-order chi connectivity index (χ0) is 13.1. The molecule has 0 radical (unpaired) electrons. The number of nitrogens with one attached hydrogen (secondary N) is 1. The topological polar surface area (TPSA) is 50.7 Å². The van der Waals surface area contributed by atoms with Gasteiger partial charge in [0.25, 0.3) is 0 Å². The van der Waals surface area contributed by atoms with Crippen LogP contribution < -0.4 is 15.0 Å². The number of methoxy groups -OCH3 is 2. The lowest BCUT2D eigenvalue weighted by atomic mass is 9.97. The van der Waals surface area contributed by atoms with Crippen LogP contribution in [-0.2, 0) is 12.2 Å². The van der Waals surface area contributed by atoms with Crippen LogP contribution in [0.2, 0.25) is 0 Å². The zero-order valence-corrected chi connectivity index (χ0v) is 10.5. The van der Waals surface area contributed by atoms with Crippen molar-refractivity contribution in [2.45, 2.75) is 26.1 Å². The Labute approximate surface area is 100 Å². The largest absolute Gasteiger partial charge is 0.493 e. The molecule has 0 fully saturated rings. The van der Waals surface area contributed by atoms with Crippen molar-refractivity contribution in [2.75, 3.05) is 14.2 Å². The summed E-state index contributed by atoms with van der Waals surface area (Å²) < 4.78 is 24.3. The molecule has 0 aliphatic heterocycles. The van der Waals surface area contributed by atoms with E-state index in [1.807, 2.05) is 5.48 Å². The Morgan fingerprint density at radius 2 is 1.94 bits per heavy atom. The Morgan fingerprint density at radius 1 is 1.29 bits per heavy atom. The molecular weight excluding hydrogens is 225 g/mol. The number of ether oxygens (including phenoxy) is 2. The van der Waals surface area contributed by atoms with E-state index in [2.05, 4.69) is 0 Å². The average molecular weight is 243 g/mol. The Hall–Kier alpha value is -1.33. The molecule has 0 atom stereocenters. The minimum absolute atomic E-state index is 0.156. The van der Waals surface area contributed by atoms with Gasteiger partial charge in [-0.3, -0.25) is 0 Å². The van der Waals surface area contributed by atoms with Crippen LogP contribution in [0.1, 0.15) is 25.0 Å². The summed E-state index contributed by atoms with van der Waals surface area (Å²) in [6.07, 6.45) is 0. The zero-order valence-electron chi connectivity index (χ0n) is 10.5. The fraction of sp³-hybridized carbons (Fsp3) is 0.500. The van der Waals surface area contributed by atoms with Gasteiger partial charge >= 0.3 is 0 Å². The van der Waals surface area contributed by atoms with Crippen LogP contribution in [0.15, 0.2) is 12.1 Å². The van der Waals surface area contributed by atoms with E-state index >= 15 is 0 Å². The van der Waals surface area contributed by atoms with Gasteiger partial charge in [-0.15, -0.1) is 0 Å². The third kappa shape index (κ3) is 3.08. The molecule has 0 spiro atoms. The van der Waals surface area contributed by atoms with Crippen LogP contribution in [0, 0.1) is 0 Å². The maximum atomic E-state index is 13.9. The van der Waals surface area contributed by atoms with E-state index in [1.54, 1.807) is 12.1 Å². The quantitative estimate of drug-likeness (QED) is 0.780. The van der Waals surface area contributed by atoms with Gasteiger partial charge in [0.15, 0.2) is 11.5 Å². The molecule has 96 valence electrons. The first kappa shape index (κ1) is 13.7. The van der Waals surface area contributed by atoms with Gasteiger partial charge in [0.1, 0.15) is 5.67 Å². The van der Waals surface area contributed by atoms with Gasteiger partial charge in [-0.1, -0.05) is 0 Å². The molecule has 1 aromatic carbocycles. The second-order valence-corrected chi connectivity index (χ2v) is 4.18. The first-order valence-corrected chi connectivity index (χ1v) is 5.25. The van der Waals surface area contributed by atoms with Crippen LogP contribution >= 0.6 is 0 Å². The highest BCUT2D eigenvalue weighted by Gasteiger charge is 2.23. The van der Waals surface area contributed by atoms with Crippen LogP contribution in [0.5, 0.6) is 11.5 Å². The third-order valence-corrected chi connectivity index (χ3v) is 2.51. The second-order valence-electron chi connectivity index (χ2n) is 4.18. The summed E-state index contributed by atoms with van der Waals surface area (Å²) in [5, 5.41) is 8.76. The lowest BCUT2D eigenvalue weighted by Gasteiger charge is -2.20. The fourth-order valence-electron chi connectivity index (χ4n) is 1.60. The molecule has 2 N–H and O–H groups in total. The van der Waals surface area contributed by atoms with Crippen LogP contribution in [-0.4, -0.2) is 19.4 Å². The Kier molecular flexibility index (Phi) is 4.31. The van der Waals surface area contributed by atoms with Crippen molar-refractivity contribution in [3.63, 3.8) is 0 Å². The number of hydrogen-bond donors (Lipinski definition) is 2. The van der Waals surface area contributed by atoms with Crippen LogP contribution in [0.3, 0.4) is 0 Å². The van der Waals surface area contributed by atoms with E-state index in [9.17, 15) is 4.39 Å². The number of benzene rings is 1. The number of halogens is 1. The van der Waals surface area contributed by atoms with Crippen LogP contribution in [0.25, 0.3) is 0 Å². The van der Waals surface area contributed by atoms with E-state index in [4.69, 9.17) is 14.7 Å². The molecule has 0 aromatic heterocycles. The normalized spacial score (nSPS) is 11.4. The van der Waals surface area contributed by atoms with Crippen molar-refractivity contribution in [1.29, 1.82) is 0 Å². The standard InChI is InChI=1S/C12H18FNO3/c1-12(2,13)9-5-8(7-14-15)11(17-4)10(6-9)16-3/h5-6,14-15H,7H2,1-4H3. The summed E-state index contributed by atoms with van der Waals surface area (Å²) in [5.41, 5.74) is 1.66. The second kappa shape index (κ2) is 5.33. The highest BCUT2D eigenvalue weighted by atomic mass is 19.1. The summed E-state index contributed by atoms with van der Waals surface area (Å²) in [5.74, 6) is 0.933. The monoisotopic (exact) mass is 243 g/mol. The number of hydrogen-bond acceptors (Lipinski definition) is 4. The van der Waals surface area contributed by atoms with Gasteiger partial charge in [0.05, 0.1) is 14.2 Å². The molecule has 0 saturated heterocycles. The molecule has 4 nitrogen and oxygen atoms in total. The van der Waals surface area contributed by atoms with Gasteiger partial charge in [0.2, 0.25) is 0 Å². The predicted octanol–water partition coefficient (Wildman–Crippen LogP) is 2.39. The SMILES string of the molecule is COc1cc(C(C)(C)F)cc(CNO)c1OC. The molecule has 17 heavy (non-hydrogen) atoms. The molecule has 0 amide bonds. The van der Waals surface area contributed by atoms with Crippen molar-refractivity contribution < 1.29 is 19.1 Å². The van der Waals surface area contributed by atoms with E-state index in [0.29, 0.717) is 22.6 Å². The van der Waals surface area contributed by atoms with E-state index in [-0.39, 0.29) is 6.54 Å². The third-order valence-electron chi connectivity index (χ3n) is 2.51. The lowest BCUT2D eigenvalue weighted by molar-refractivity contribution is 0.159. The summed E-state index contributed by atoms with van der Waals surface area (Å²) in [6, 6.07) is 3.24. The summed E-state index contributed by atoms with van der Waals surface area (Å²) in [4.78, 5) is 0. The van der Waals surface area contributed by atoms with Crippen molar-refractivity contribution in [1.82, 2.24) is 5.48 Å². The Bertz CT molecular complexity index is 388. The smallest absolute Gasteiger partial charge is 0.165 e. The maximum absolute atomic E-state index is 13.9. The van der Waals surface area contributed by atoms with E-state index < -0.39 is 5.67 Å². The van der Waals surface area contributed by atoms with E-state index in [1.165, 1.54) is 28.1 Å². The van der Waals surface area contributed by atoms with Crippen molar-refractivity contribution in [3.8, 4) is 11.5 Å². The first-order valence-electron chi connectivity index (χ1n) is 5.25. The molecule has 0 saturated carbocycles. The van der Waals surface area contributed by atoms with E-state index in [0.717, 1.165) is 0 Å². The number of rotatable bonds is 5. The highest BCUT2D eigenvalue weighted by Crippen LogP contribution is 2.37. The minimum atomic E-state index is -1.48. The summed E-state index contributed by atoms with van der Waals surface area (Å²) >= 11 is 0. The van der Waals surface area contributed by atoms with Crippen molar-refractivity contribution >= 4 is 0 Å². The molecular formula is C12H18FNO3. The highest BCUT2D eigenvalue weighted by molar-refractivity contribution is 5.50. The summed E-state index contributed by atoms with van der Waals surface area (Å²) in [7, 11) is 2.99. The minimum Gasteiger partial charge on any atom is -0.493 e. The molecule has 5 heteroatoms. The maximum Gasteiger partial charge on any atom is 0.165 e. The van der Waals surface area contributed by atoms with Gasteiger partial charge < -0.3 is 14.7 Å². The Balaban J connectivity index is 3.34. The van der Waals surface area contributed by atoms with Crippen molar-refractivity contribution in [2.24, 2.45) is 0 Å². The van der Waals surface area contributed by atoms with Gasteiger partial charge in [-0.25, -0.2) is 9.87 Å². The average Bonchev–Trinajstić information content (AvgIpc) is 2.27. The lowest BCUT2D eigenvalue weighted by Crippen LogP contribution is -2.13. The van der Waals surface area contributed by atoms with Gasteiger partial charge in [-0.05, 0) is 31.5 Å². The fourth-order valence-corrected chi connectivity index (χ4v) is 1.60. The molecule has 0 bridgehead atoms. The number of alkyl halides is 1. The number of hydroxylamine groups is 1. The molecule has 1 rings (SSSR count). The summed E-state index contributed by atoms with van der Waals surface area (Å²) in [6.45, 7) is 3.08. The molecule has 0 unspecified atom stereocenters. The molecule has 0 aliphatic rings. The predicted molar refractivity (Wildman–Crippen MR) is 62.3 cm³/mol. The first-order chi connectivity index (χ1) is 7.93. The van der Waals surface area contributed by atoms with Crippen molar-refractivity contribution in [3.05, 3.63) is 23.3 Å².